The molecule has 3 atom stereocenters. The zero-order valence-electron chi connectivity index (χ0n) is 45.6. The normalized spacial score (nSPS) is 13.3. The summed E-state index contributed by atoms with van der Waals surface area (Å²) in [6.07, 6.45) is 74.3. The minimum absolute atomic E-state index is 0.360. The average molecular weight is 945 g/mol. The van der Waals surface area contributed by atoms with E-state index in [4.69, 9.17) is 0 Å². The Morgan fingerprint density at radius 3 is 0.866 bits per heavy atom. The van der Waals surface area contributed by atoms with Crippen molar-refractivity contribution in [1.82, 2.24) is 5.32 Å². The lowest BCUT2D eigenvalue weighted by Crippen LogP contribution is -2.48. The lowest BCUT2D eigenvalue weighted by molar-refractivity contribution is -0.131. The minimum Gasteiger partial charge on any atom is -0.394 e. The van der Waals surface area contributed by atoms with Gasteiger partial charge in [0, 0.05) is 0 Å². The van der Waals surface area contributed by atoms with E-state index in [1.807, 2.05) is 6.08 Å². The molecule has 0 radical (unpaired) electrons. The fraction of sp³-hybridized carbons (Fsp3) is 0.919. The molecule has 0 aromatic rings. The third kappa shape index (κ3) is 52.5. The first-order valence-corrected chi connectivity index (χ1v) is 30.7. The van der Waals surface area contributed by atoms with Crippen LogP contribution in [0.1, 0.15) is 341 Å². The van der Waals surface area contributed by atoms with E-state index in [2.05, 4.69) is 31.3 Å². The van der Waals surface area contributed by atoms with Crippen LogP contribution in [-0.2, 0) is 4.79 Å². The van der Waals surface area contributed by atoms with E-state index in [0.717, 1.165) is 32.1 Å². The number of carbonyl (C=O) groups excluding carboxylic acids is 1. The monoisotopic (exact) mass is 944 g/mol. The molecule has 0 aromatic carbocycles. The van der Waals surface area contributed by atoms with Crippen LogP contribution in [0.25, 0.3) is 0 Å². The van der Waals surface area contributed by atoms with E-state index < -0.39 is 24.2 Å². The Morgan fingerprint density at radius 2 is 0.597 bits per heavy atom. The van der Waals surface area contributed by atoms with Crippen molar-refractivity contribution in [3.05, 3.63) is 24.3 Å². The minimum atomic E-state index is -1.10. The standard InChI is InChI=1S/C62H121NO4/c1-3-5-7-9-11-13-15-17-19-21-23-24-25-26-27-28-29-30-31-32-33-34-35-36-37-39-41-43-45-47-49-51-53-55-57-61(66)62(67)63-59(58-64)60(65)56-54-52-50-48-46-44-42-40-38-22-20-18-16-14-12-10-8-6-4-2/h28-29,54,56,59-61,64-66H,3-27,30-53,55,57-58H2,1-2H3,(H,63,67)/b29-28-,56-54+. The first-order chi connectivity index (χ1) is 33.1. The zero-order valence-corrected chi connectivity index (χ0v) is 45.6. The van der Waals surface area contributed by atoms with E-state index in [-0.39, 0.29) is 6.61 Å². The molecule has 0 aliphatic rings. The van der Waals surface area contributed by atoms with Crippen molar-refractivity contribution in [3.63, 3.8) is 0 Å². The van der Waals surface area contributed by atoms with Crippen molar-refractivity contribution in [3.8, 4) is 0 Å². The Bertz CT molecular complexity index is 998. The van der Waals surface area contributed by atoms with Crippen LogP contribution >= 0.6 is 0 Å². The third-order valence-electron chi connectivity index (χ3n) is 14.5. The van der Waals surface area contributed by atoms with Gasteiger partial charge in [0.05, 0.1) is 18.8 Å². The Kier molecular flexibility index (Phi) is 56.4. The van der Waals surface area contributed by atoms with Crippen molar-refractivity contribution in [2.24, 2.45) is 0 Å². The summed E-state index contributed by atoms with van der Waals surface area (Å²) in [6.45, 7) is 4.22. The SMILES string of the molecule is CCCCCCCCCCCCCCCC/C=C\CCCCCCCCCCCCCCCCCCC(O)C(=O)NC(CO)C(O)/C=C/CCCCCCCCCCCCCCCCCCC. The Labute approximate surface area is 420 Å². The number of hydrogen-bond acceptors (Lipinski definition) is 4. The second kappa shape index (κ2) is 57.4. The van der Waals surface area contributed by atoms with Gasteiger partial charge in [0.2, 0.25) is 5.91 Å². The molecule has 0 saturated carbocycles. The number of aliphatic hydroxyl groups is 3. The van der Waals surface area contributed by atoms with Gasteiger partial charge in [-0.3, -0.25) is 4.79 Å². The molecular weight excluding hydrogens is 823 g/mol. The van der Waals surface area contributed by atoms with Crippen LogP contribution < -0.4 is 5.32 Å². The lowest BCUT2D eigenvalue weighted by Gasteiger charge is -2.21. The summed E-state index contributed by atoms with van der Waals surface area (Å²) in [5.41, 5.74) is 0. The van der Waals surface area contributed by atoms with E-state index in [9.17, 15) is 20.1 Å². The highest BCUT2D eigenvalue weighted by molar-refractivity contribution is 5.80. The van der Waals surface area contributed by atoms with Crippen LogP contribution in [-0.4, -0.2) is 46.1 Å². The molecule has 0 aliphatic heterocycles. The van der Waals surface area contributed by atoms with Crippen molar-refractivity contribution < 1.29 is 20.1 Å². The van der Waals surface area contributed by atoms with Gasteiger partial charge in [0.15, 0.2) is 0 Å². The maximum absolute atomic E-state index is 12.6. The van der Waals surface area contributed by atoms with Crippen LogP contribution in [0, 0.1) is 0 Å². The molecule has 398 valence electrons. The van der Waals surface area contributed by atoms with Gasteiger partial charge in [-0.25, -0.2) is 0 Å². The maximum Gasteiger partial charge on any atom is 0.249 e. The molecule has 5 nitrogen and oxygen atoms in total. The second-order valence-electron chi connectivity index (χ2n) is 21.3. The Balaban J connectivity index is 3.49. The molecule has 67 heavy (non-hydrogen) atoms. The highest BCUT2D eigenvalue weighted by atomic mass is 16.3. The van der Waals surface area contributed by atoms with Gasteiger partial charge in [-0.05, 0) is 44.9 Å². The molecule has 0 aliphatic carbocycles. The molecule has 0 bridgehead atoms. The Morgan fingerprint density at radius 1 is 0.358 bits per heavy atom. The Hall–Kier alpha value is -1.17. The third-order valence-corrected chi connectivity index (χ3v) is 14.5. The van der Waals surface area contributed by atoms with E-state index >= 15 is 0 Å². The van der Waals surface area contributed by atoms with Crippen molar-refractivity contribution >= 4 is 5.91 Å². The topological polar surface area (TPSA) is 89.8 Å². The molecule has 0 saturated heterocycles. The van der Waals surface area contributed by atoms with Crippen molar-refractivity contribution in [1.29, 1.82) is 0 Å². The van der Waals surface area contributed by atoms with E-state index in [1.165, 1.54) is 289 Å². The predicted molar refractivity (Wildman–Crippen MR) is 296 cm³/mol. The summed E-state index contributed by atoms with van der Waals surface area (Å²) >= 11 is 0. The van der Waals surface area contributed by atoms with Gasteiger partial charge in [0.1, 0.15) is 6.10 Å². The van der Waals surface area contributed by atoms with E-state index in [1.54, 1.807) is 6.08 Å². The van der Waals surface area contributed by atoms with Crippen LogP contribution in [0.15, 0.2) is 24.3 Å². The van der Waals surface area contributed by atoms with Gasteiger partial charge in [-0.15, -0.1) is 0 Å². The van der Waals surface area contributed by atoms with Crippen LogP contribution in [0.4, 0.5) is 0 Å². The molecule has 1 amide bonds. The number of aliphatic hydroxyl groups excluding tert-OH is 3. The van der Waals surface area contributed by atoms with Gasteiger partial charge in [-0.2, -0.15) is 0 Å². The number of hydrogen-bond donors (Lipinski definition) is 4. The molecule has 0 spiro atoms. The summed E-state index contributed by atoms with van der Waals surface area (Å²) in [4.78, 5) is 12.6. The fourth-order valence-electron chi connectivity index (χ4n) is 9.77. The quantitative estimate of drug-likeness (QED) is 0.0361. The fourth-order valence-corrected chi connectivity index (χ4v) is 9.77. The zero-order chi connectivity index (χ0) is 48.6. The molecular formula is C62H121NO4. The first-order valence-electron chi connectivity index (χ1n) is 30.7. The summed E-state index contributed by atoms with van der Waals surface area (Å²) in [7, 11) is 0. The number of allylic oxidation sites excluding steroid dienone is 3. The first kappa shape index (κ1) is 65.8. The molecule has 3 unspecified atom stereocenters. The molecule has 0 fully saturated rings. The number of rotatable bonds is 57. The van der Waals surface area contributed by atoms with Gasteiger partial charge in [-0.1, -0.05) is 321 Å². The summed E-state index contributed by atoms with van der Waals surface area (Å²) in [6, 6.07) is -0.796. The van der Waals surface area contributed by atoms with Gasteiger partial charge >= 0.3 is 0 Å². The van der Waals surface area contributed by atoms with E-state index in [0.29, 0.717) is 6.42 Å². The maximum atomic E-state index is 12.6. The summed E-state index contributed by atoms with van der Waals surface area (Å²) < 4.78 is 0. The van der Waals surface area contributed by atoms with Crippen LogP contribution in [0.2, 0.25) is 0 Å². The largest absolute Gasteiger partial charge is 0.394 e. The summed E-state index contributed by atoms with van der Waals surface area (Å²) in [5.74, 6) is -0.497. The molecule has 5 heteroatoms. The average Bonchev–Trinajstić information content (AvgIpc) is 3.33. The molecule has 0 aromatic heterocycles. The van der Waals surface area contributed by atoms with Gasteiger partial charge in [0.25, 0.3) is 0 Å². The molecule has 0 heterocycles. The number of nitrogens with one attached hydrogen (secondary N) is 1. The van der Waals surface area contributed by atoms with Crippen LogP contribution in [0.5, 0.6) is 0 Å². The predicted octanol–water partition coefficient (Wildman–Crippen LogP) is 19.2. The lowest BCUT2D eigenvalue weighted by atomic mass is 10.0. The molecule has 4 N–H and O–H groups in total. The van der Waals surface area contributed by atoms with Crippen molar-refractivity contribution in [2.45, 2.75) is 360 Å². The smallest absolute Gasteiger partial charge is 0.249 e. The highest BCUT2D eigenvalue weighted by Crippen LogP contribution is 2.18. The highest BCUT2D eigenvalue weighted by Gasteiger charge is 2.22. The number of amides is 1. The van der Waals surface area contributed by atoms with Gasteiger partial charge < -0.3 is 20.6 Å². The second-order valence-corrected chi connectivity index (χ2v) is 21.3. The number of unbranched alkanes of at least 4 members (excludes halogenated alkanes) is 47. The summed E-state index contributed by atoms with van der Waals surface area (Å²) in [5, 5.41) is 33.4. The molecule has 0 rings (SSSR count). The van der Waals surface area contributed by atoms with Crippen LogP contribution in [0.3, 0.4) is 0 Å². The van der Waals surface area contributed by atoms with Crippen molar-refractivity contribution in [2.75, 3.05) is 6.61 Å². The number of carbonyl (C=O) groups is 1.